The molecule has 1 heterocycles. The average Bonchev–Trinajstić information content (AvgIpc) is 3.24. The molecule has 0 fully saturated rings. The molecule has 0 spiro atoms. The molecular formula is C34H29N. The highest BCUT2D eigenvalue weighted by molar-refractivity contribution is 6.08. The number of para-hydroxylation sites is 1. The van der Waals surface area contributed by atoms with Crippen LogP contribution in [-0.4, -0.2) is 4.57 Å². The van der Waals surface area contributed by atoms with E-state index >= 15 is 0 Å². The molecule has 0 radical (unpaired) electrons. The Kier molecular flexibility index (Phi) is 6.32. The Bertz CT molecular complexity index is 1570. The maximum Gasteiger partial charge on any atom is 0.0497 e. The summed E-state index contributed by atoms with van der Waals surface area (Å²) in [6, 6.07) is 32.7. The second-order valence-corrected chi connectivity index (χ2v) is 8.73. The van der Waals surface area contributed by atoms with Crippen molar-refractivity contribution in [2.45, 2.75) is 13.5 Å². The maximum absolute atomic E-state index is 3.91. The van der Waals surface area contributed by atoms with Gasteiger partial charge < -0.3 is 4.57 Å². The fourth-order valence-corrected chi connectivity index (χ4v) is 4.55. The van der Waals surface area contributed by atoms with E-state index in [-0.39, 0.29) is 0 Å². The van der Waals surface area contributed by atoms with Gasteiger partial charge in [0.2, 0.25) is 0 Å². The molecule has 1 heteroatoms. The van der Waals surface area contributed by atoms with Crippen molar-refractivity contribution in [3.63, 3.8) is 0 Å². The van der Waals surface area contributed by atoms with Crippen LogP contribution >= 0.6 is 0 Å². The lowest BCUT2D eigenvalue weighted by Crippen LogP contribution is -1.92. The molecule has 0 bridgehead atoms. The van der Waals surface area contributed by atoms with E-state index in [1.807, 2.05) is 6.08 Å². The summed E-state index contributed by atoms with van der Waals surface area (Å²) < 4.78 is 2.40. The molecule has 0 unspecified atom stereocenters. The molecular weight excluding hydrogens is 422 g/mol. The minimum atomic E-state index is 0.908. The largest absolute Gasteiger partial charge is 0.341 e. The van der Waals surface area contributed by atoms with Crippen molar-refractivity contribution in [3.05, 3.63) is 139 Å². The monoisotopic (exact) mass is 451 g/mol. The van der Waals surface area contributed by atoms with Gasteiger partial charge in [-0.2, -0.15) is 0 Å². The van der Waals surface area contributed by atoms with E-state index in [0.717, 1.165) is 17.7 Å². The van der Waals surface area contributed by atoms with E-state index in [1.165, 1.54) is 44.1 Å². The van der Waals surface area contributed by atoms with Crippen LogP contribution in [0.25, 0.3) is 51.2 Å². The molecule has 170 valence electrons. The number of aromatic nitrogens is 1. The van der Waals surface area contributed by atoms with Crippen LogP contribution in [0.4, 0.5) is 0 Å². The van der Waals surface area contributed by atoms with Crippen LogP contribution < -0.4 is 0 Å². The van der Waals surface area contributed by atoms with Crippen molar-refractivity contribution in [3.8, 4) is 11.1 Å². The summed E-state index contributed by atoms with van der Waals surface area (Å²) in [7, 11) is 0. The Morgan fingerprint density at radius 2 is 1.26 bits per heavy atom. The van der Waals surface area contributed by atoms with E-state index < -0.39 is 0 Å². The molecule has 35 heavy (non-hydrogen) atoms. The fraction of sp³-hybridized carbons (Fsp3) is 0.0588. The Hall–Kier alpha value is -4.36. The topological polar surface area (TPSA) is 4.93 Å². The van der Waals surface area contributed by atoms with Gasteiger partial charge in [-0.05, 0) is 52.4 Å². The minimum Gasteiger partial charge on any atom is -0.341 e. The summed E-state index contributed by atoms with van der Waals surface area (Å²) in [5.74, 6) is 0. The van der Waals surface area contributed by atoms with E-state index in [1.54, 1.807) is 6.08 Å². The van der Waals surface area contributed by atoms with Crippen LogP contribution in [0.1, 0.15) is 23.6 Å². The van der Waals surface area contributed by atoms with Gasteiger partial charge in [0.05, 0.1) is 0 Å². The summed E-state index contributed by atoms with van der Waals surface area (Å²) in [4.78, 5) is 0. The van der Waals surface area contributed by atoms with Gasteiger partial charge in [-0.25, -0.2) is 0 Å². The second-order valence-electron chi connectivity index (χ2n) is 8.73. The van der Waals surface area contributed by atoms with Crippen molar-refractivity contribution in [1.82, 2.24) is 4.57 Å². The Morgan fingerprint density at radius 1 is 0.686 bits per heavy atom. The van der Waals surface area contributed by atoms with Crippen molar-refractivity contribution in [2.75, 3.05) is 0 Å². The summed E-state index contributed by atoms with van der Waals surface area (Å²) >= 11 is 0. The molecule has 0 aliphatic heterocycles. The Morgan fingerprint density at radius 3 is 1.91 bits per heavy atom. The second kappa shape index (κ2) is 9.87. The summed E-state index contributed by atoms with van der Waals surface area (Å²) in [6.45, 7) is 10.8. The molecule has 0 amide bonds. The van der Waals surface area contributed by atoms with E-state index in [4.69, 9.17) is 0 Å². The third kappa shape index (κ3) is 4.67. The molecule has 1 nitrogen and oxygen atoms in total. The highest BCUT2D eigenvalue weighted by Crippen LogP contribution is 2.30. The Labute approximate surface area is 207 Å². The Balaban J connectivity index is 1.35. The summed E-state index contributed by atoms with van der Waals surface area (Å²) in [6.07, 6.45) is 10.2. The standard InChI is InChI=1S/C34H29N/c1-4-25(3)10-11-26-14-19-29(20-15-26)30-21-16-27(17-22-30)12-13-28-18-23-32-31-8-6-7-9-33(31)35(5-2)34(32)24-28/h4,6-24H,1,3,5H2,2H3/b11-10+,13-12+. The first-order valence-corrected chi connectivity index (χ1v) is 12.1. The number of rotatable bonds is 7. The molecule has 5 aromatic rings. The molecule has 0 aliphatic carbocycles. The van der Waals surface area contributed by atoms with Crippen molar-refractivity contribution < 1.29 is 0 Å². The zero-order valence-corrected chi connectivity index (χ0v) is 20.1. The summed E-state index contributed by atoms with van der Waals surface area (Å²) in [5.41, 5.74) is 9.46. The van der Waals surface area contributed by atoms with Crippen molar-refractivity contribution in [1.29, 1.82) is 0 Å². The number of allylic oxidation sites excluding steroid dienone is 3. The molecule has 0 atom stereocenters. The first-order valence-electron chi connectivity index (χ1n) is 12.1. The quantitative estimate of drug-likeness (QED) is 0.171. The molecule has 0 saturated carbocycles. The lowest BCUT2D eigenvalue weighted by atomic mass is 10.0. The molecule has 0 aliphatic rings. The zero-order chi connectivity index (χ0) is 24.2. The third-order valence-corrected chi connectivity index (χ3v) is 6.49. The van der Waals surface area contributed by atoms with E-state index in [9.17, 15) is 0 Å². The molecule has 4 aromatic carbocycles. The number of hydrogen-bond donors (Lipinski definition) is 0. The number of aryl methyl sites for hydroxylation is 1. The van der Waals surface area contributed by atoms with Crippen molar-refractivity contribution in [2.24, 2.45) is 0 Å². The van der Waals surface area contributed by atoms with Crippen molar-refractivity contribution >= 4 is 40.0 Å². The lowest BCUT2D eigenvalue weighted by Gasteiger charge is -2.04. The lowest BCUT2D eigenvalue weighted by molar-refractivity contribution is 0.827. The molecule has 1 aromatic heterocycles. The normalized spacial score (nSPS) is 11.7. The van der Waals surface area contributed by atoms with Gasteiger partial charge in [0.1, 0.15) is 0 Å². The van der Waals surface area contributed by atoms with Gasteiger partial charge >= 0.3 is 0 Å². The van der Waals surface area contributed by atoms with Crippen LogP contribution in [0.15, 0.2) is 122 Å². The van der Waals surface area contributed by atoms with Gasteiger partial charge in [0, 0.05) is 28.4 Å². The van der Waals surface area contributed by atoms with E-state index in [2.05, 4.69) is 134 Å². The summed E-state index contributed by atoms with van der Waals surface area (Å²) in [5, 5.41) is 2.64. The number of hydrogen-bond acceptors (Lipinski definition) is 0. The zero-order valence-electron chi connectivity index (χ0n) is 20.1. The van der Waals surface area contributed by atoms with Crippen LogP contribution in [0.2, 0.25) is 0 Å². The number of benzene rings is 4. The SMILES string of the molecule is C=CC(=C)/C=C/c1ccc(-c2ccc(/C=C/c3ccc4c5ccccc5n(CC)c4c3)cc2)cc1. The van der Waals surface area contributed by atoms with Gasteiger partial charge in [-0.15, -0.1) is 0 Å². The predicted octanol–water partition coefficient (Wildman–Crippen LogP) is 9.41. The van der Waals surface area contributed by atoms with Crippen LogP contribution in [-0.2, 0) is 6.54 Å². The van der Waals surface area contributed by atoms with Crippen LogP contribution in [0.5, 0.6) is 0 Å². The average molecular weight is 452 g/mol. The first kappa shape index (κ1) is 22.4. The highest BCUT2D eigenvalue weighted by Gasteiger charge is 2.08. The minimum absolute atomic E-state index is 0.908. The van der Waals surface area contributed by atoms with Crippen LogP contribution in [0.3, 0.4) is 0 Å². The number of fused-ring (bicyclic) bond motifs is 3. The highest BCUT2D eigenvalue weighted by atomic mass is 15.0. The predicted molar refractivity (Wildman–Crippen MR) is 154 cm³/mol. The fourth-order valence-electron chi connectivity index (χ4n) is 4.55. The smallest absolute Gasteiger partial charge is 0.0497 e. The molecule has 0 N–H and O–H groups in total. The third-order valence-electron chi connectivity index (χ3n) is 6.49. The van der Waals surface area contributed by atoms with Crippen LogP contribution in [0, 0.1) is 0 Å². The van der Waals surface area contributed by atoms with Gasteiger partial charge in [0.25, 0.3) is 0 Å². The molecule has 0 saturated heterocycles. The molecule has 5 rings (SSSR count). The van der Waals surface area contributed by atoms with E-state index in [0.29, 0.717) is 0 Å². The van der Waals surface area contributed by atoms with Gasteiger partial charge in [-0.1, -0.05) is 122 Å². The first-order chi connectivity index (χ1) is 17.2. The number of nitrogens with zero attached hydrogens (tertiary/aromatic N) is 1. The maximum atomic E-state index is 3.91. The van der Waals surface area contributed by atoms with Gasteiger partial charge in [-0.3, -0.25) is 0 Å². The van der Waals surface area contributed by atoms with Gasteiger partial charge in [0.15, 0.2) is 0 Å².